The normalized spacial score (nSPS) is 22.9. The average Bonchev–Trinajstić information content (AvgIpc) is 2.79. The highest BCUT2D eigenvalue weighted by atomic mass is 32.1. The highest BCUT2D eigenvalue weighted by Gasteiger charge is 2.24. The van der Waals surface area contributed by atoms with E-state index in [1.165, 1.54) is 24.4 Å². The molecule has 1 saturated heterocycles. The largest absolute Gasteiger partial charge is 0.306 e. The van der Waals surface area contributed by atoms with Crippen LogP contribution < -0.4 is 0 Å². The number of aromatic nitrogens is 1. The van der Waals surface area contributed by atoms with Crippen molar-refractivity contribution in [1.29, 1.82) is 5.26 Å². The van der Waals surface area contributed by atoms with Crippen molar-refractivity contribution in [3.8, 4) is 6.07 Å². The molecule has 1 aliphatic rings. The molecular weight excluding hydrogens is 242 g/mol. The maximum Gasteiger partial charge on any atom is 0.0972 e. The standard InChI is InChI=1S/C14H21N3S/c1-10(2)12(7-15)13-9-18-14(16-13)11-5-4-6-17(3)8-11/h9-12H,4-6,8H2,1-3H3. The number of thiazole rings is 1. The number of likely N-dealkylation sites (N-methyl/N-ethyl adjacent to an activating group) is 1. The minimum Gasteiger partial charge on any atom is -0.306 e. The minimum atomic E-state index is -0.0590. The Morgan fingerprint density at radius 1 is 1.56 bits per heavy atom. The second kappa shape index (κ2) is 5.81. The van der Waals surface area contributed by atoms with Crippen LogP contribution in [0.4, 0.5) is 0 Å². The molecule has 1 aromatic rings. The van der Waals surface area contributed by atoms with Gasteiger partial charge in [0.25, 0.3) is 0 Å². The molecule has 1 aliphatic heterocycles. The number of nitriles is 1. The van der Waals surface area contributed by atoms with Crippen molar-refractivity contribution in [2.75, 3.05) is 20.1 Å². The van der Waals surface area contributed by atoms with E-state index in [4.69, 9.17) is 4.98 Å². The van der Waals surface area contributed by atoms with Crippen LogP contribution >= 0.6 is 11.3 Å². The van der Waals surface area contributed by atoms with E-state index in [0.717, 1.165) is 12.2 Å². The van der Waals surface area contributed by atoms with E-state index in [-0.39, 0.29) is 5.92 Å². The van der Waals surface area contributed by atoms with Crippen LogP contribution in [-0.2, 0) is 0 Å². The molecule has 2 unspecified atom stereocenters. The van der Waals surface area contributed by atoms with Crippen LogP contribution in [0.3, 0.4) is 0 Å². The van der Waals surface area contributed by atoms with Crippen molar-refractivity contribution in [3.63, 3.8) is 0 Å². The molecule has 2 heterocycles. The van der Waals surface area contributed by atoms with Crippen LogP contribution in [0.2, 0.25) is 0 Å². The SMILES string of the molecule is CC(C)C(C#N)c1csc(C2CCCN(C)C2)n1. The van der Waals surface area contributed by atoms with E-state index in [0.29, 0.717) is 11.8 Å². The van der Waals surface area contributed by atoms with E-state index >= 15 is 0 Å². The van der Waals surface area contributed by atoms with Gasteiger partial charge in [-0.15, -0.1) is 11.3 Å². The zero-order valence-electron chi connectivity index (χ0n) is 11.4. The molecule has 0 bridgehead atoms. The van der Waals surface area contributed by atoms with Crippen LogP contribution in [0.5, 0.6) is 0 Å². The van der Waals surface area contributed by atoms with Crippen LogP contribution in [-0.4, -0.2) is 30.0 Å². The van der Waals surface area contributed by atoms with Gasteiger partial charge in [-0.25, -0.2) is 4.98 Å². The first-order valence-corrected chi connectivity index (χ1v) is 7.53. The van der Waals surface area contributed by atoms with E-state index in [2.05, 4.69) is 37.2 Å². The summed E-state index contributed by atoms with van der Waals surface area (Å²) in [4.78, 5) is 7.10. The molecule has 2 atom stereocenters. The first-order chi connectivity index (χ1) is 8.61. The summed E-state index contributed by atoms with van der Waals surface area (Å²) in [5.41, 5.74) is 0.973. The monoisotopic (exact) mass is 263 g/mol. The summed E-state index contributed by atoms with van der Waals surface area (Å²) < 4.78 is 0. The van der Waals surface area contributed by atoms with Gasteiger partial charge < -0.3 is 4.90 Å². The summed E-state index contributed by atoms with van der Waals surface area (Å²) >= 11 is 1.73. The first-order valence-electron chi connectivity index (χ1n) is 6.65. The smallest absolute Gasteiger partial charge is 0.0972 e. The molecule has 0 aliphatic carbocycles. The Bertz CT molecular complexity index is 432. The van der Waals surface area contributed by atoms with Crippen molar-refractivity contribution in [3.05, 3.63) is 16.1 Å². The fourth-order valence-electron chi connectivity index (χ4n) is 2.56. The van der Waals surface area contributed by atoms with Gasteiger partial charge in [-0.3, -0.25) is 0 Å². The number of likely N-dealkylation sites (tertiary alicyclic amines) is 1. The number of hydrogen-bond acceptors (Lipinski definition) is 4. The van der Waals surface area contributed by atoms with Gasteiger partial charge in [0.1, 0.15) is 0 Å². The molecule has 0 aromatic carbocycles. The third-order valence-electron chi connectivity index (χ3n) is 3.64. The number of rotatable bonds is 3. The van der Waals surface area contributed by atoms with Gasteiger partial charge in [-0.1, -0.05) is 13.8 Å². The van der Waals surface area contributed by atoms with Crippen molar-refractivity contribution < 1.29 is 0 Å². The van der Waals surface area contributed by atoms with Crippen LogP contribution in [0, 0.1) is 17.2 Å². The fourth-order valence-corrected chi connectivity index (χ4v) is 3.54. The molecule has 4 heteroatoms. The zero-order valence-corrected chi connectivity index (χ0v) is 12.2. The Hall–Kier alpha value is -0.920. The van der Waals surface area contributed by atoms with E-state index < -0.39 is 0 Å². The van der Waals surface area contributed by atoms with Crippen LogP contribution in [0.1, 0.15) is 49.2 Å². The maximum atomic E-state index is 9.22. The number of hydrogen-bond donors (Lipinski definition) is 0. The summed E-state index contributed by atoms with van der Waals surface area (Å²) in [5.74, 6) is 0.837. The van der Waals surface area contributed by atoms with E-state index in [9.17, 15) is 5.26 Å². The van der Waals surface area contributed by atoms with E-state index in [1.54, 1.807) is 11.3 Å². The number of piperidine rings is 1. The Labute approximate surface area is 113 Å². The zero-order chi connectivity index (χ0) is 13.1. The second-order valence-electron chi connectivity index (χ2n) is 5.56. The summed E-state index contributed by atoms with van der Waals surface area (Å²) in [6, 6.07) is 2.38. The predicted molar refractivity (Wildman–Crippen MR) is 74.8 cm³/mol. The molecule has 98 valence electrons. The third-order valence-corrected chi connectivity index (χ3v) is 4.66. The molecular formula is C14H21N3S. The highest BCUT2D eigenvalue weighted by Crippen LogP contribution is 2.32. The molecule has 3 nitrogen and oxygen atoms in total. The van der Waals surface area contributed by atoms with Crippen molar-refractivity contribution >= 4 is 11.3 Å². The average molecular weight is 263 g/mol. The summed E-state index contributed by atoms with van der Waals surface area (Å²) in [5, 5.41) is 12.5. The van der Waals surface area contributed by atoms with Crippen molar-refractivity contribution in [1.82, 2.24) is 9.88 Å². The molecule has 2 rings (SSSR count). The Morgan fingerprint density at radius 2 is 2.33 bits per heavy atom. The molecule has 0 radical (unpaired) electrons. The van der Waals surface area contributed by atoms with Crippen LogP contribution in [0.25, 0.3) is 0 Å². The predicted octanol–water partition coefficient (Wildman–Crippen LogP) is 3.22. The lowest BCUT2D eigenvalue weighted by Gasteiger charge is -2.28. The highest BCUT2D eigenvalue weighted by molar-refractivity contribution is 7.09. The van der Waals surface area contributed by atoms with Gasteiger partial charge >= 0.3 is 0 Å². The van der Waals surface area contributed by atoms with Gasteiger partial charge in [0.15, 0.2) is 0 Å². The van der Waals surface area contributed by atoms with Crippen molar-refractivity contribution in [2.45, 2.75) is 38.5 Å². The van der Waals surface area contributed by atoms with Gasteiger partial charge in [-0.2, -0.15) is 5.26 Å². The molecule has 0 N–H and O–H groups in total. The summed E-state index contributed by atoms with van der Waals surface area (Å²) in [7, 11) is 2.17. The lowest BCUT2D eigenvalue weighted by molar-refractivity contribution is 0.250. The van der Waals surface area contributed by atoms with Crippen molar-refractivity contribution in [2.24, 2.45) is 5.92 Å². The molecule has 1 fully saturated rings. The molecule has 18 heavy (non-hydrogen) atoms. The number of nitrogens with zero attached hydrogens (tertiary/aromatic N) is 3. The van der Waals surface area contributed by atoms with Gasteiger partial charge in [-0.05, 0) is 32.4 Å². The van der Waals surface area contributed by atoms with Gasteiger partial charge in [0, 0.05) is 17.8 Å². The lowest BCUT2D eigenvalue weighted by atomic mass is 9.94. The molecule has 1 aromatic heterocycles. The Kier molecular flexibility index (Phi) is 4.36. The molecule has 0 saturated carbocycles. The summed E-state index contributed by atoms with van der Waals surface area (Å²) in [6.07, 6.45) is 2.48. The second-order valence-corrected chi connectivity index (χ2v) is 6.45. The van der Waals surface area contributed by atoms with Gasteiger partial charge in [0.05, 0.1) is 22.7 Å². The molecule has 0 spiro atoms. The third kappa shape index (κ3) is 2.90. The first kappa shape index (κ1) is 13.5. The quantitative estimate of drug-likeness (QED) is 0.840. The lowest BCUT2D eigenvalue weighted by Crippen LogP contribution is -2.30. The molecule has 0 amide bonds. The maximum absolute atomic E-state index is 9.22. The Balaban J connectivity index is 2.12. The Morgan fingerprint density at radius 3 is 2.94 bits per heavy atom. The van der Waals surface area contributed by atoms with Gasteiger partial charge in [0.2, 0.25) is 0 Å². The minimum absolute atomic E-state index is 0.0590. The van der Waals surface area contributed by atoms with Crippen LogP contribution in [0.15, 0.2) is 5.38 Å². The van der Waals surface area contributed by atoms with E-state index in [1.807, 2.05) is 0 Å². The topological polar surface area (TPSA) is 39.9 Å². The summed E-state index contributed by atoms with van der Waals surface area (Å²) in [6.45, 7) is 6.47. The fraction of sp³-hybridized carbons (Fsp3) is 0.714.